The van der Waals surface area contributed by atoms with E-state index in [1.807, 2.05) is 111 Å². The van der Waals surface area contributed by atoms with Crippen molar-refractivity contribution in [3.8, 4) is 11.1 Å². The predicted octanol–water partition coefficient (Wildman–Crippen LogP) is 21.6. The molecule has 3 aliphatic carbocycles. The van der Waals surface area contributed by atoms with E-state index in [0.29, 0.717) is 5.69 Å². The third-order valence-electron chi connectivity index (χ3n) is 9.95. The molecule has 74 heavy (non-hydrogen) atoms. The summed E-state index contributed by atoms with van der Waals surface area (Å²) in [5.74, 6) is 2.06. The van der Waals surface area contributed by atoms with Gasteiger partial charge in [-0.25, -0.2) is 4.98 Å². The van der Waals surface area contributed by atoms with Gasteiger partial charge in [0.2, 0.25) is 0 Å². The maximum atomic E-state index is 5.60. The van der Waals surface area contributed by atoms with Crippen LogP contribution in [0.1, 0.15) is 101 Å². The van der Waals surface area contributed by atoms with Crippen molar-refractivity contribution < 1.29 is 0 Å². The Balaban J connectivity index is 0.00000194. The minimum atomic E-state index is 0.249. The molecule has 7 rings (SSSR count). The number of nitrogens with zero attached hydrogens (tertiary/aromatic N) is 2. The lowest BCUT2D eigenvalue weighted by atomic mass is 10.0. The van der Waals surface area contributed by atoms with Gasteiger partial charge in [0.05, 0.1) is 55.9 Å². The molecule has 394 valence electrons. The summed E-state index contributed by atoms with van der Waals surface area (Å²) in [6.07, 6.45) is 37.3. The topological polar surface area (TPSA) is 57.4 Å². The number of nitrogens with one attached hydrogen (secondary N) is 2. The summed E-state index contributed by atoms with van der Waals surface area (Å²) in [4.78, 5) is 22.7. The second-order valence-corrected chi connectivity index (χ2v) is 19.5. The number of aromatic amines is 2. The lowest BCUT2D eigenvalue weighted by Crippen LogP contribution is -2.24. The summed E-state index contributed by atoms with van der Waals surface area (Å²) >= 11 is 37.6. The smallest absolute Gasteiger partial charge is 0.0891 e. The predicted molar refractivity (Wildman–Crippen MR) is 369 cm³/mol. The first-order valence-corrected chi connectivity index (χ1v) is 32.9. The molecule has 1 aliphatic heterocycles. The van der Waals surface area contributed by atoms with Gasteiger partial charge < -0.3 is 9.97 Å². The van der Waals surface area contributed by atoms with E-state index in [0.717, 1.165) is 106 Å². The van der Waals surface area contributed by atoms with E-state index in [-0.39, 0.29) is 5.92 Å². The molecule has 4 aliphatic rings. The Morgan fingerprint density at radius 1 is 0.649 bits per heavy atom. The standard InChI is InChI=1S/C50H35Br7N4.C3H8.2C2H6.CH3Br.2CH4S/c1-4-36-39(31-18-10-5-6-11-19-31)48-43(55)45(57)50(61-48)41(33-22-14-9-15-23-33)49-44(56)42(54)47(60-49)38(34-24-16-17-29(2)25-26-34)30(3)58-46(35(53)27-51)40(37(28-52)59-36)32-20-12-7-8-13-21-32;1-3-2;5*1-2/h4-5,7,9-29,59-60H,1-3H3;3H2,1-2H3;2*1-2H3;1H3;2*2H,1H3/b35-27-,36-4-,37-28+,46-40?,47-38?,48-39?,49-41?,58-30?;;;;;;. The van der Waals surface area contributed by atoms with Gasteiger partial charge in [0.25, 0.3) is 0 Å². The molecule has 1 unspecified atom stereocenters. The van der Waals surface area contributed by atoms with E-state index >= 15 is 0 Å². The zero-order valence-corrected chi connectivity index (χ0v) is 58.4. The normalized spacial score (nSPS) is 14.6. The number of rotatable bonds is 5. The molecule has 4 nitrogen and oxygen atoms in total. The number of aryl methyl sites for hydroxylation is 1. The van der Waals surface area contributed by atoms with Gasteiger partial charge in [0.1, 0.15) is 0 Å². The number of H-pyrrole nitrogens is 2. The summed E-state index contributed by atoms with van der Waals surface area (Å²) in [5.41, 5.74) is 18.3. The molecule has 0 radical (unpaired) electrons. The highest BCUT2D eigenvalue weighted by Crippen LogP contribution is 2.47. The van der Waals surface area contributed by atoms with E-state index in [1.165, 1.54) is 6.42 Å². The van der Waals surface area contributed by atoms with Gasteiger partial charge in [-0.3, -0.25) is 4.98 Å². The van der Waals surface area contributed by atoms with Crippen molar-refractivity contribution in [3.05, 3.63) is 197 Å². The summed E-state index contributed by atoms with van der Waals surface area (Å²) in [6, 6.07) is 10.3. The third kappa shape index (κ3) is 18.6. The highest BCUT2D eigenvalue weighted by atomic mass is 79.9. The second kappa shape index (κ2) is 39.0. The van der Waals surface area contributed by atoms with E-state index < -0.39 is 0 Å². The zero-order valence-electron chi connectivity index (χ0n) is 43.9. The van der Waals surface area contributed by atoms with Crippen molar-refractivity contribution >= 4 is 205 Å². The SMILES string of the molecule is C/C=c1\[nH]/c(=C/Br)c(C2=CC=C=CC=C2)c(/C(Br)=C/Br)nc(C)c(C2=CC=CC(C)C=C2)c2[nH]c(c(Br)c2Br)c(-c2ccccc2)c2nc(c1C1=CC=C=CC=C1)C(Br)=C2Br.CBr.CC.CC.CCC.CS.CS. The molecule has 0 spiro atoms. The summed E-state index contributed by atoms with van der Waals surface area (Å²) in [6.45, 7) is 18.5. The number of alkyl halides is 1. The quantitative estimate of drug-likeness (QED) is 0.117. The third-order valence-corrected chi connectivity index (χ3v) is 16.3. The van der Waals surface area contributed by atoms with Crippen molar-refractivity contribution in [3.63, 3.8) is 0 Å². The molecule has 4 bridgehead atoms. The van der Waals surface area contributed by atoms with Gasteiger partial charge in [0.15, 0.2) is 0 Å². The van der Waals surface area contributed by atoms with Gasteiger partial charge in [0, 0.05) is 38.3 Å². The molecular formula is C60H66Br8N4S2. The van der Waals surface area contributed by atoms with Crippen LogP contribution < -0.4 is 10.7 Å². The minimum Gasteiger partial charge on any atom is -0.354 e. The van der Waals surface area contributed by atoms with Gasteiger partial charge >= 0.3 is 0 Å². The molecule has 0 saturated heterocycles. The minimum absolute atomic E-state index is 0.249. The van der Waals surface area contributed by atoms with Crippen LogP contribution in [0, 0.1) is 12.8 Å². The first-order chi connectivity index (χ1) is 36.0. The second-order valence-electron chi connectivity index (χ2n) is 14.6. The molecule has 1 atom stereocenters. The maximum absolute atomic E-state index is 5.60. The Morgan fingerprint density at radius 3 is 1.66 bits per heavy atom. The number of allylic oxidation sites excluding steroid dienone is 16. The van der Waals surface area contributed by atoms with Crippen LogP contribution in [0.2, 0.25) is 0 Å². The van der Waals surface area contributed by atoms with Crippen LogP contribution in [-0.4, -0.2) is 38.3 Å². The summed E-state index contributed by atoms with van der Waals surface area (Å²) < 4.78 is 4.01. The number of thiol groups is 2. The molecule has 3 heterocycles. The van der Waals surface area contributed by atoms with Crippen molar-refractivity contribution in [2.45, 2.75) is 68.7 Å². The van der Waals surface area contributed by atoms with E-state index in [1.54, 1.807) is 12.5 Å². The molecule has 14 heteroatoms. The number of fused-ring (bicyclic) bond motifs is 4. The van der Waals surface area contributed by atoms with Crippen LogP contribution in [0.5, 0.6) is 0 Å². The fraction of sp³-hybridized carbons (Fsp3) is 0.233. The Bertz CT molecular complexity index is 3130. The van der Waals surface area contributed by atoms with Gasteiger partial charge in [-0.15, -0.1) is 11.5 Å². The largest absolute Gasteiger partial charge is 0.354 e. The molecule has 3 aromatic rings. The van der Waals surface area contributed by atoms with Crippen LogP contribution in [0.25, 0.3) is 63.4 Å². The number of hydrogen-bond acceptors (Lipinski definition) is 4. The first kappa shape index (κ1) is 69.6. The Morgan fingerprint density at radius 2 is 1.15 bits per heavy atom. The zero-order chi connectivity index (χ0) is 55.9. The van der Waals surface area contributed by atoms with Gasteiger partial charge in [-0.05, 0) is 181 Å². The Hall–Kier alpha value is -2.42. The fourth-order valence-corrected chi connectivity index (χ4v) is 9.91. The summed E-state index contributed by atoms with van der Waals surface area (Å²) in [5, 5.41) is 1.55. The number of aromatic nitrogens is 4. The molecule has 2 N–H and O–H groups in total. The average Bonchev–Trinajstić information content (AvgIpc) is 3.71. The van der Waals surface area contributed by atoms with Crippen LogP contribution in [0.3, 0.4) is 0 Å². The number of halogens is 8. The highest BCUT2D eigenvalue weighted by Gasteiger charge is 2.27. The Labute approximate surface area is 520 Å². The molecule has 0 saturated carbocycles. The number of hydrogen-bond donors (Lipinski definition) is 4. The average molecular weight is 1550 g/mol. The molecular weight excluding hydrogens is 1480 g/mol. The summed E-state index contributed by atoms with van der Waals surface area (Å²) in [7, 11) is 0. The van der Waals surface area contributed by atoms with E-state index in [2.05, 4.69) is 269 Å². The lowest BCUT2D eigenvalue weighted by molar-refractivity contribution is 0.943. The molecule has 0 amide bonds. The van der Waals surface area contributed by atoms with Crippen LogP contribution in [-0.2, 0) is 0 Å². The molecule has 2 aromatic heterocycles. The number of benzene rings is 1. The van der Waals surface area contributed by atoms with Gasteiger partial charge in [-0.2, -0.15) is 25.3 Å². The van der Waals surface area contributed by atoms with Crippen LogP contribution in [0.4, 0.5) is 0 Å². The van der Waals surface area contributed by atoms with Crippen molar-refractivity contribution in [2.24, 2.45) is 5.92 Å². The maximum Gasteiger partial charge on any atom is 0.0891 e. The van der Waals surface area contributed by atoms with Crippen LogP contribution >= 0.6 is 153 Å². The van der Waals surface area contributed by atoms with E-state index in [4.69, 9.17) is 9.97 Å². The molecule has 0 fully saturated rings. The van der Waals surface area contributed by atoms with Crippen molar-refractivity contribution in [1.82, 2.24) is 19.9 Å². The monoisotopic (exact) mass is 1540 g/mol. The highest BCUT2D eigenvalue weighted by molar-refractivity contribution is 9.18. The van der Waals surface area contributed by atoms with Crippen molar-refractivity contribution in [2.75, 3.05) is 18.3 Å². The lowest BCUT2D eigenvalue weighted by Gasteiger charge is -2.12. The van der Waals surface area contributed by atoms with Crippen molar-refractivity contribution in [1.29, 1.82) is 0 Å². The fourth-order valence-electron chi connectivity index (χ4n) is 7.12. The van der Waals surface area contributed by atoms with Gasteiger partial charge in [-0.1, -0.05) is 194 Å². The Kier molecular flexibility index (Phi) is 36.7. The molecule has 1 aromatic carbocycles. The van der Waals surface area contributed by atoms with E-state index in [9.17, 15) is 0 Å². The first-order valence-electron chi connectivity index (χ1n) is 23.7. The van der Waals surface area contributed by atoms with Crippen LogP contribution in [0.15, 0.2) is 147 Å².